The molecule has 0 spiro atoms. The first-order valence-corrected chi connectivity index (χ1v) is 9.36. The van der Waals surface area contributed by atoms with Crippen molar-refractivity contribution >= 4 is 5.91 Å². The second-order valence-corrected chi connectivity index (χ2v) is 7.37. The molecule has 5 heteroatoms. The van der Waals surface area contributed by atoms with Crippen molar-refractivity contribution in [1.29, 1.82) is 0 Å². The van der Waals surface area contributed by atoms with Gasteiger partial charge >= 0.3 is 0 Å². The minimum atomic E-state index is -0.0840. The predicted molar refractivity (Wildman–Crippen MR) is 94.0 cm³/mol. The standard InChI is InChI=1S/C20H25N3O2/c1-2-17-21-19(22-25-17)20-12-6-9-16(20)13-23(14-20)18(24)11-10-15-7-4-3-5-8-15/h3-5,7-8,16H,2,6,9-14H2,1H3/t16-,20-/m1/s1. The number of fused-ring (bicyclic) bond motifs is 1. The van der Waals surface area contributed by atoms with Crippen molar-refractivity contribution < 1.29 is 9.32 Å². The lowest BCUT2D eigenvalue weighted by Gasteiger charge is -2.24. The van der Waals surface area contributed by atoms with E-state index in [1.54, 1.807) is 0 Å². The lowest BCUT2D eigenvalue weighted by molar-refractivity contribution is -0.130. The normalized spacial score (nSPS) is 25.3. The van der Waals surface area contributed by atoms with Crippen molar-refractivity contribution in [3.05, 3.63) is 47.6 Å². The fourth-order valence-corrected chi connectivity index (χ4v) is 4.50. The highest BCUT2D eigenvalue weighted by atomic mass is 16.5. The van der Waals surface area contributed by atoms with E-state index in [0.717, 1.165) is 44.6 Å². The van der Waals surface area contributed by atoms with Crippen LogP contribution in [0.2, 0.25) is 0 Å². The van der Waals surface area contributed by atoms with Crippen LogP contribution in [-0.4, -0.2) is 34.0 Å². The van der Waals surface area contributed by atoms with Crippen molar-refractivity contribution in [2.75, 3.05) is 13.1 Å². The van der Waals surface area contributed by atoms with Gasteiger partial charge in [-0.05, 0) is 30.7 Å². The maximum atomic E-state index is 12.7. The minimum Gasteiger partial charge on any atom is -0.341 e. The van der Waals surface area contributed by atoms with Crippen LogP contribution >= 0.6 is 0 Å². The van der Waals surface area contributed by atoms with Gasteiger partial charge in [-0.2, -0.15) is 4.98 Å². The molecule has 0 unspecified atom stereocenters. The van der Waals surface area contributed by atoms with Crippen LogP contribution in [-0.2, 0) is 23.1 Å². The number of nitrogens with zero attached hydrogens (tertiary/aromatic N) is 3. The highest BCUT2D eigenvalue weighted by molar-refractivity contribution is 5.77. The summed E-state index contributed by atoms with van der Waals surface area (Å²) in [6, 6.07) is 10.2. The van der Waals surface area contributed by atoms with E-state index >= 15 is 0 Å². The molecule has 1 aromatic carbocycles. The second kappa shape index (κ2) is 6.62. The predicted octanol–water partition coefficient (Wildman–Crippen LogP) is 3.14. The Bertz CT molecular complexity index is 742. The highest BCUT2D eigenvalue weighted by Gasteiger charge is 2.54. The van der Waals surface area contributed by atoms with Gasteiger partial charge < -0.3 is 9.42 Å². The average molecular weight is 339 g/mol. The molecule has 25 heavy (non-hydrogen) atoms. The number of hydrogen-bond acceptors (Lipinski definition) is 4. The van der Waals surface area contributed by atoms with Crippen molar-refractivity contribution in [2.24, 2.45) is 5.92 Å². The van der Waals surface area contributed by atoms with Crippen LogP contribution in [0.1, 0.15) is 49.9 Å². The van der Waals surface area contributed by atoms with Crippen LogP contribution in [0.3, 0.4) is 0 Å². The fraction of sp³-hybridized carbons (Fsp3) is 0.550. The Balaban J connectivity index is 1.46. The van der Waals surface area contributed by atoms with Crippen molar-refractivity contribution in [2.45, 2.75) is 50.9 Å². The molecule has 2 aromatic rings. The number of amides is 1. The molecule has 0 N–H and O–H groups in total. The summed E-state index contributed by atoms with van der Waals surface area (Å²) in [5.41, 5.74) is 1.13. The van der Waals surface area contributed by atoms with Crippen molar-refractivity contribution in [3.8, 4) is 0 Å². The molecule has 0 radical (unpaired) electrons. The summed E-state index contributed by atoms with van der Waals surface area (Å²) < 4.78 is 5.37. The molecule has 2 fully saturated rings. The molecule has 2 atom stereocenters. The van der Waals surface area contributed by atoms with Crippen LogP contribution in [0.25, 0.3) is 0 Å². The van der Waals surface area contributed by atoms with Gasteiger partial charge in [0.25, 0.3) is 0 Å². The molecule has 1 saturated carbocycles. The second-order valence-electron chi connectivity index (χ2n) is 7.37. The lowest BCUT2D eigenvalue weighted by Crippen LogP contribution is -2.35. The van der Waals surface area contributed by atoms with E-state index in [4.69, 9.17) is 4.52 Å². The smallest absolute Gasteiger partial charge is 0.226 e. The largest absolute Gasteiger partial charge is 0.341 e. The van der Waals surface area contributed by atoms with Gasteiger partial charge in [0.2, 0.25) is 11.8 Å². The van der Waals surface area contributed by atoms with E-state index in [1.165, 1.54) is 12.0 Å². The third-order valence-electron chi connectivity index (χ3n) is 5.91. The van der Waals surface area contributed by atoms with Crippen molar-refractivity contribution in [3.63, 3.8) is 0 Å². The summed E-state index contributed by atoms with van der Waals surface area (Å²) in [5, 5.41) is 4.27. The molecule has 4 rings (SSSR count). The zero-order valence-corrected chi connectivity index (χ0v) is 14.8. The number of benzene rings is 1. The molecular weight excluding hydrogens is 314 g/mol. The number of rotatable bonds is 5. The van der Waals surface area contributed by atoms with Gasteiger partial charge in [0.15, 0.2) is 5.82 Å². The lowest BCUT2D eigenvalue weighted by atomic mass is 9.80. The molecule has 0 bridgehead atoms. The maximum Gasteiger partial charge on any atom is 0.226 e. The van der Waals surface area contributed by atoms with Crippen LogP contribution in [0.5, 0.6) is 0 Å². The monoisotopic (exact) mass is 339 g/mol. The number of hydrogen-bond donors (Lipinski definition) is 0. The summed E-state index contributed by atoms with van der Waals surface area (Å²) in [4.78, 5) is 19.4. The molecule has 5 nitrogen and oxygen atoms in total. The third-order valence-corrected chi connectivity index (χ3v) is 5.91. The molecule has 1 saturated heterocycles. The first-order chi connectivity index (χ1) is 12.2. The summed E-state index contributed by atoms with van der Waals surface area (Å²) >= 11 is 0. The number of aromatic nitrogens is 2. The van der Waals surface area contributed by atoms with Crippen LogP contribution in [0, 0.1) is 5.92 Å². The fourth-order valence-electron chi connectivity index (χ4n) is 4.50. The zero-order valence-electron chi connectivity index (χ0n) is 14.8. The van der Waals surface area contributed by atoms with Gasteiger partial charge in [-0.3, -0.25) is 4.79 Å². The summed E-state index contributed by atoms with van der Waals surface area (Å²) in [5.74, 6) is 2.24. The van der Waals surface area contributed by atoms with Gasteiger partial charge in [-0.25, -0.2) is 0 Å². The quantitative estimate of drug-likeness (QED) is 0.840. The van der Waals surface area contributed by atoms with Crippen molar-refractivity contribution in [1.82, 2.24) is 15.0 Å². The number of carbonyl (C=O) groups is 1. The van der Waals surface area contributed by atoms with E-state index in [1.807, 2.05) is 30.0 Å². The van der Waals surface area contributed by atoms with Gasteiger partial charge in [0.1, 0.15) is 0 Å². The van der Waals surface area contributed by atoms with Crippen LogP contribution in [0.4, 0.5) is 0 Å². The van der Waals surface area contributed by atoms with E-state index in [-0.39, 0.29) is 11.3 Å². The topological polar surface area (TPSA) is 59.2 Å². The Morgan fingerprint density at radius 3 is 2.96 bits per heavy atom. The minimum absolute atomic E-state index is 0.0840. The molecule has 132 valence electrons. The Morgan fingerprint density at radius 1 is 1.36 bits per heavy atom. The molecule has 1 aromatic heterocycles. The van der Waals surface area contributed by atoms with Gasteiger partial charge in [0.05, 0.1) is 5.41 Å². The van der Waals surface area contributed by atoms with Gasteiger partial charge in [-0.15, -0.1) is 0 Å². The average Bonchev–Trinajstić information content (AvgIpc) is 3.33. The number of carbonyl (C=O) groups excluding carboxylic acids is 1. The van der Waals surface area contributed by atoms with E-state index < -0.39 is 0 Å². The number of likely N-dealkylation sites (tertiary alicyclic amines) is 1. The zero-order chi connectivity index (χ0) is 17.3. The Hall–Kier alpha value is -2.17. The Morgan fingerprint density at radius 2 is 2.20 bits per heavy atom. The number of aryl methyl sites for hydroxylation is 2. The molecule has 1 aliphatic carbocycles. The van der Waals surface area contributed by atoms with Gasteiger partial charge in [-0.1, -0.05) is 48.8 Å². The van der Waals surface area contributed by atoms with Gasteiger partial charge in [0, 0.05) is 25.9 Å². The van der Waals surface area contributed by atoms with E-state index in [2.05, 4.69) is 22.3 Å². The first kappa shape index (κ1) is 16.3. The molecule has 1 aliphatic heterocycles. The van der Waals surface area contributed by atoms with E-state index in [9.17, 15) is 4.79 Å². The summed E-state index contributed by atoms with van der Waals surface area (Å²) in [7, 11) is 0. The Kier molecular flexibility index (Phi) is 4.32. The molecule has 1 amide bonds. The van der Waals surface area contributed by atoms with E-state index in [0.29, 0.717) is 18.2 Å². The third kappa shape index (κ3) is 2.96. The van der Waals surface area contributed by atoms with Crippen LogP contribution in [0.15, 0.2) is 34.9 Å². The van der Waals surface area contributed by atoms with Crippen LogP contribution < -0.4 is 0 Å². The maximum absolute atomic E-state index is 12.7. The molecule has 2 heterocycles. The first-order valence-electron chi connectivity index (χ1n) is 9.36. The summed E-state index contributed by atoms with van der Waals surface area (Å²) in [6.45, 7) is 3.60. The molecular formula is C20H25N3O2. The Labute approximate surface area is 148 Å². The highest BCUT2D eigenvalue weighted by Crippen LogP contribution is 2.49. The SMILES string of the molecule is CCc1nc([C@@]23CCC[C@@H]2CN(C(=O)CCc2ccccc2)C3)no1. The summed E-state index contributed by atoms with van der Waals surface area (Å²) in [6.07, 6.45) is 5.52. The molecule has 2 aliphatic rings.